The molecule has 0 radical (unpaired) electrons. The van der Waals surface area contributed by atoms with Gasteiger partial charge in [0, 0.05) is 12.1 Å². The molecule has 0 aliphatic heterocycles. The molecule has 0 aliphatic rings. The van der Waals surface area contributed by atoms with E-state index in [1.165, 1.54) is 33.5 Å². The van der Waals surface area contributed by atoms with Crippen molar-refractivity contribution in [1.82, 2.24) is 0 Å². The Morgan fingerprint density at radius 2 is 1.50 bits per heavy atom. The summed E-state index contributed by atoms with van der Waals surface area (Å²) in [6, 6.07) is 2.90. The Labute approximate surface area is 116 Å². The maximum Gasteiger partial charge on any atom is 1.00 e. The Kier molecular flexibility index (Phi) is 6.25. The van der Waals surface area contributed by atoms with E-state index in [0.717, 1.165) is 0 Å². The van der Waals surface area contributed by atoms with Crippen LogP contribution in [0.25, 0.3) is 0 Å². The number of carbonyl (C=O) groups excluding carboxylic acids is 1. The number of hydrogen-bond acceptors (Lipinski definition) is 5. The van der Waals surface area contributed by atoms with Crippen LogP contribution >= 0.6 is 0 Å². The van der Waals surface area contributed by atoms with E-state index in [2.05, 4.69) is 0 Å². The molecule has 0 atom stereocenters. The van der Waals surface area contributed by atoms with E-state index in [0.29, 0.717) is 5.75 Å². The number of ether oxygens (including phenoxy) is 3. The van der Waals surface area contributed by atoms with Crippen LogP contribution in [0.2, 0.25) is 0 Å². The molecule has 0 spiro atoms. The number of carboxylic acids is 1. The first-order valence-corrected chi connectivity index (χ1v) is 4.15. The SMILES string of the molecule is COc1cc(OC)c(C(=O)[O-])c(OC)c1.[Na+]. The van der Waals surface area contributed by atoms with E-state index < -0.39 is 5.97 Å². The second-order valence-electron chi connectivity index (χ2n) is 2.69. The zero-order valence-electron chi connectivity index (χ0n) is 9.70. The first-order valence-electron chi connectivity index (χ1n) is 4.15. The van der Waals surface area contributed by atoms with Gasteiger partial charge in [-0.2, -0.15) is 0 Å². The van der Waals surface area contributed by atoms with Crippen molar-refractivity contribution in [3.05, 3.63) is 17.7 Å². The van der Waals surface area contributed by atoms with Crippen molar-refractivity contribution in [3.63, 3.8) is 0 Å². The molecule has 0 saturated carbocycles. The summed E-state index contributed by atoms with van der Waals surface area (Å²) >= 11 is 0. The molecular formula is C10H11NaO5. The minimum Gasteiger partial charge on any atom is -0.545 e. The molecule has 6 heteroatoms. The van der Waals surface area contributed by atoms with E-state index in [4.69, 9.17) is 14.2 Å². The average molecular weight is 234 g/mol. The van der Waals surface area contributed by atoms with Crippen molar-refractivity contribution in [3.8, 4) is 17.2 Å². The van der Waals surface area contributed by atoms with Crippen LogP contribution in [-0.2, 0) is 0 Å². The van der Waals surface area contributed by atoms with Gasteiger partial charge in [0.15, 0.2) is 0 Å². The molecule has 1 aromatic rings. The van der Waals surface area contributed by atoms with Gasteiger partial charge in [0.1, 0.15) is 17.2 Å². The van der Waals surface area contributed by atoms with Gasteiger partial charge in [0.25, 0.3) is 0 Å². The van der Waals surface area contributed by atoms with Crippen LogP contribution in [0.3, 0.4) is 0 Å². The number of carbonyl (C=O) groups is 1. The van der Waals surface area contributed by atoms with E-state index in [9.17, 15) is 9.90 Å². The summed E-state index contributed by atoms with van der Waals surface area (Å²) in [6.07, 6.45) is 0. The monoisotopic (exact) mass is 234 g/mol. The van der Waals surface area contributed by atoms with E-state index in [1.54, 1.807) is 0 Å². The predicted molar refractivity (Wildman–Crippen MR) is 50.4 cm³/mol. The Hall–Kier alpha value is -0.910. The molecule has 82 valence electrons. The van der Waals surface area contributed by atoms with Crippen LogP contribution < -0.4 is 48.9 Å². The van der Waals surface area contributed by atoms with Gasteiger partial charge in [-0.1, -0.05) is 0 Å². The van der Waals surface area contributed by atoms with Gasteiger partial charge in [0.2, 0.25) is 0 Å². The zero-order valence-corrected chi connectivity index (χ0v) is 11.7. The van der Waals surface area contributed by atoms with Gasteiger partial charge in [0.05, 0.1) is 32.9 Å². The van der Waals surface area contributed by atoms with Crippen molar-refractivity contribution in [2.75, 3.05) is 21.3 Å². The third kappa shape index (κ3) is 3.04. The fraction of sp³-hybridized carbons (Fsp3) is 0.300. The number of hydrogen-bond donors (Lipinski definition) is 0. The Morgan fingerprint density at radius 1 is 1.06 bits per heavy atom. The van der Waals surface area contributed by atoms with Crippen molar-refractivity contribution in [1.29, 1.82) is 0 Å². The summed E-state index contributed by atoms with van der Waals surface area (Å²) in [5.41, 5.74) is -0.124. The van der Waals surface area contributed by atoms with Gasteiger partial charge >= 0.3 is 29.6 Å². The molecule has 0 amide bonds. The molecule has 0 aromatic heterocycles. The second kappa shape index (κ2) is 6.62. The number of aromatic carboxylic acids is 1. The van der Waals surface area contributed by atoms with Crippen LogP contribution in [-0.4, -0.2) is 27.3 Å². The van der Waals surface area contributed by atoms with E-state index in [-0.39, 0.29) is 46.6 Å². The number of rotatable bonds is 4. The average Bonchev–Trinajstić information content (AvgIpc) is 2.26. The second-order valence-corrected chi connectivity index (χ2v) is 2.69. The van der Waals surface area contributed by atoms with Crippen LogP contribution in [0.4, 0.5) is 0 Å². The fourth-order valence-corrected chi connectivity index (χ4v) is 1.21. The summed E-state index contributed by atoms with van der Waals surface area (Å²) in [4.78, 5) is 10.8. The van der Waals surface area contributed by atoms with Crippen molar-refractivity contribution >= 4 is 5.97 Å². The molecule has 16 heavy (non-hydrogen) atoms. The minimum atomic E-state index is -1.36. The summed E-state index contributed by atoms with van der Waals surface area (Å²) < 4.78 is 14.8. The fourth-order valence-electron chi connectivity index (χ4n) is 1.21. The summed E-state index contributed by atoms with van der Waals surface area (Å²) in [5, 5.41) is 10.8. The zero-order chi connectivity index (χ0) is 11.4. The maximum absolute atomic E-state index is 10.8. The molecule has 0 bridgehead atoms. The maximum atomic E-state index is 10.8. The smallest absolute Gasteiger partial charge is 0.545 e. The molecule has 0 fully saturated rings. The molecule has 5 nitrogen and oxygen atoms in total. The topological polar surface area (TPSA) is 67.8 Å². The third-order valence-electron chi connectivity index (χ3n) is 1.92. The summed E-state index contributed by atoms with van der Waals surface area (Å²) in [6.45, 7) is 0. The van der Waals surface area contributed by atoms with Gasteiger partial charge in [-0.25, -0.2) is 0 Å². The van der Waals surface area contributed by atoms with E-state index >= 15 is 0 Å². The van der Waals surface area contributed by atoms with Crippen LogP contribution in [0.5, 0.6) is 17.2 Å². The predicted octanol–water partition coefficient (Wildman–Crippen LogP) is -2.92. The van der Waals surface area contributed by atoms with Gasteiger partial charge in [-0.15, -0.1) is 0 Å². The normalized spacial score (nSPS) is 8.94. The molecule has 1 aromatic carbocycles. The largest absolute Gasteiger partial charge is 1.00 e. The molecule has 0 aliphatic carbocycles. The number of carboxylic acid groups (broad SMARTS) is 1. The molecule has 1 rings (SSSR count). The minimum absolute atomic E-state index is 0. The van der Waals surface area contributed by atoms with Crippen molar-refractivity contribution < 1.29 is 53.7 Å². The number of methoxy groups -OCH3 is 3. The summed E-state index contributed by atoms with van der Waals surface area (Å²) in [7, 11) is 4.19. The summed E-state index contributed by atoms with van der Waals surface area (Å²) in [5.74, 6) is -0.613. The van der Waals surface area contributed by atoms with Crippen LogP contribution in [0.15, 0.2) is 12.1 Å². The molecular weight excluding hydrogens is 223 g/mol. The molecule has 0 N–H and O–H groups in total. The standard InChI is InChI=1S/C10H12O5.Na/c1-13-6-4-7(14-2)9(10(11)12)8(5-6)15-3;/h4-5H,1-3H3,(H,11,12);/q;+1/p-1. The number of benzene rings is 1. The first kappa shape index (κ1) is 15.1. The Morgan fingerprint density at radius 3 is 1.75 bits per heavy atom. The van der Waals surface area contributed by atoms with Crippen molar-refractivity contribution in [2.24, 2.45) is 0 Å². The first-order chi connectivity index (χ1) is 7.13. The van der Waals surface area contributed by atoms with Crippen LogP contribution in [0.1, 0.15) is 10.4 Å². The quantitative estimate of drug-likeness (QED) is 0.522. The van der Waals surface area contributed by atoms with E-state index in [1.807, 2.05) is 0 Å². The van der Waals surface area contributed by atoms with Crippen LogP contribution in [0, 0.1) is 0 Å². The van der Waals surface area contributed by atoms with Gasteiger partial charge in [-0.05, 0) is 0 Å². The van der Waals surface area contributed by atoms with Gasteiger partial charge < -0.3 is 24.1 Å². The molecule has 0 saturated heterocycles. The van der Waals surface area contributed by atoms with Crippen molar-refractivity contribution in [2.45, 2.75) is 0 Å². The molecule has 0 unspecified atom stereocenters. The third-order valence-corrected chi connectivity index (χ3v) is 1.92. The molecule has 0 heterocycles. The van der Waals surface area contributed by atoms with Gasteiger partial charge in [-0.3, -0.25) is 0 Å². The Bertz CT molecular complexity index is 352. The Balaban J connectivity index is 0.00000225.